The maximum Gasteiger partial charge on any atom is 0.192 e. The third-order valence-electron chi connectivity index (χ3n) is 6.02. The van der Waals surface area contributed by atoms with Gasteiger partial charge in [-0.05, 0) is 61.2 Å². The molecule has 0 fully saturated rings. The van der Waals surface area contributed by atoms with E-state index in [-0.39, 0.29) is 11.9 Å². The number of ketones is 1. The highest BCUT2D eigenvalue weighted by molar-refractivity contribution is 6.17. The highest BCUT2D eigenvalue weighted by atomic mass is 16.5. The number of anilines is 1. The Balaban J connectivity index is 1.62. The van der Waals surface area contributed by atoms with E-state index < -0.39 is 5.60 Å². The van der Waals surface area contributed by atoms with Gasteiger partial charge in [-0.3, -0.25) is 4.79 Å². The minimum Gasteiger partial charge on any atom is -0.491 e. The lowest BCUT2D eigenvalue weighted by Crippen LogP contribution is -2.28. The quantitative estimate of drug-likeness (QED) is 0.508. The second-order valence-electron chi connectivity index (χ2n) is 8.56. The number of rotatable bonds is 7. The third-order valence-corrected chi connectivity index (χ3v) is 6.02. The van der Waals surface area contributed by atoms with E-state index in [4.69, 9.17) is 4.74 Å². The summed E-state index contributed by atoms with van der Waals surface area (Å²) in [6, 6.07) is 25.0. The molecule has 0 amide bonds. The van der Waals surface area contributed by atoms with Gasteiger partial charge in [0.05, 0.1) is 6.10 Å². The zero-order chi connectivity index (χ0) is 22.7. The second-order valence-corrected chi connectivity index (χ2v) is 8.56. The molecule has 0 aliphatic heterocycles. The Labute approximate surface area is 189 Å². The van der Waals surface area contributed by atoms with Crippen LogP contribution in [0.4, 0.5) is 5.69 Å². The number of benzene rings is 3. The summed E-state index contributed by atoms with van der Waals surface area (Å²) in [6.07, 6.45) is 2.71. The number of nitrogens with zero attached hydrogens (tertiary/aromatic N) is 1. The predicted octanol–water partition coefficient (Wildman–Crippen LogP) is 5.47. The van der Waals surface area contributed by atoms with Gasteiger partial charge >= 0.3 is 0 Å². The number of aliphatic hydroxyl groups is 1. The van der Waals surface area contributed by atoms with E-state index >= 15 is 0 Å². The first-order valence-electron chi connectivity index (χ1n) is 11.0. The first-order valence-corrected chi connectivity index (χ1v) is 11.0. The van der Waals surface area contributed by atoms with Gasteiger partial charge in [0.15, 0.2) is 5.78 Å². The van der Waals surface area contributed by atoms with E-state index in [9.17, 15) is 9.90 Å². The third kappa shape index (κ3) is 4.32. The van der Waals surface area contributed by atoms with Crippen molar-refractivity contribution >= 4 is 17.5 Å². The van der Waals surface area contributed by atoms with Gasteiger partial charge in [-0.15, -0.1) is 0 Å². The molecule has 3 aromatic carbocycles. The average molecular weight is 428 g/mol. The number of ether oxygens (including phenoxy) is 1. The first kappa shape index (κ1) is 21.8. The van der Waals surface area contributed by atoms with Gasteiger partial charge in [-0.25, -0.2) is 0 Å². The van der Waals surface area contributed by atoms with Crippen LogP contribution in [0, 0.1) is 0 Å². The van der Waals surface area contributed by atoms with Crippen LogP contribution in [0.3, 0.4) is 0 Å². The molecule has 0 heterocycles. The summed E-state index contributed by atoms with van der Waals surface area (Å²) in [4.78, 5) is 15.3. The van der Waals surface area contributed by atoms with Crippen molar-refractivity contribution in [1.29, 1.82) is 0 Å². The van der Waals surface area contributed by atoms with Crippen LogP contribution in [0.15, 0.2) is 84.4 Å². The summed E-state index contributed by atoms with van der Waals surface area (Å²) in [5, 5.41) is 11.8. The normalized spacial score (nSPS) is 19.6. The summed E-state index contributed by atoms with van der Waals surface area (Å²) < 4.78 is 6.00. The molecular weight excluding hydrogens is 398 g/mol. The van der Waals surface area contributed by atoms with Crippen molar-refractivity contribution in [3.8, 4) is 5.75 Å². The summed E-state index contributed by atoms with van der Waals surface area (Å²) in [5.74, 6) is 0.683. The molecule has 3 aromatic rings. The molecule has 1 N–H and O–H groups in total. The van der Waals surface area contributed by atoms with Crippen molar-refractivity contribution in [1.82, 2.24) is 0 Å². The summed E-state index contributed by atoms with van der Waals surface area (Å²) in [5.41, 5.74) is 2.29. The minimum absolute atomic E-state index is 0.107. The molecule has 0 aromatic heterocycles. The minimum atomic E-state index is -1.35. The molecule has 1 aliphatic carbocycles. The Kier molecular flexibility index (Phi) is 6.15. The highest BCUT2D eigenvalue weighted by Gasteiger charge is 2.46. The van der Waals surface area contributed by atoms with Crippen molar-refractivity contribution in [2.45, 2.75) is 31.5 Å². The molecule has 0 radical (unpaired) electrons. The lowest BCUT2D eigenvalue weighted by atomic mass is 9.85. The number of carbonyl (C=O) groups excluding carboxylic acids is 1. The fourth-order valence-corrected chi connectivity index (χ4v) is 4.21. The lowest BCUT2D eigenvalue weighted by Gasteiger charge is -2.27. The Morgan fingerprint density at radius 1 is 0.969 bits per heavy atom. The molecule has 0 saturated heterocycles. The SMILES string of the molecule is CC(CCC1(O)/C(=C/c2ccc(N(C)C)cc2)C(=O)c2ccccc21)Oc1ccccc1. The van der Waals surface area contributed by atoms with Gasteiger partial charge in [0, 0.05) is 30.9 Å². The largest absolute Gasteiger partial charge is 0.491 e. The van der Waals surface area contributed by atoms with Gasteiger partial charge < -0.3 is 14.7 Å². The van der Waals surface area contributed by atoms with Crippen molar-refractivity contribution < 1.29 is 14.6 Å². The fourth-order valence-electron chi connectivity index (χ4n) is 4.21. The average Bonchev–Trinajstić information content (AvgIpc) is 3.01. The summed E-state index contributed by atoms with van der Waals surface area (Å²) in [6.45, 7) is 1.99. The predicted molar refractivity (Wildman–Crippen MR) is 129 cm³/mol. The van der Waals surface area contributed by atoms with E-state index in [2.05, 4.69) is 0 Å². The smallest absolute Gasteiger partial charge is 0.192 e. The van der Waals surface area contributed by atoms with Crippen molar-refractivity contribution in [2.24, 2.45) is 0 Å². The molecule has 4 nitrogen and oxygen atoms in total. The van der Waals surface area contributed by atoms with Gasteiger partial charge in [0.1, 0.15) is 11.4 Å². The van der Waals surface area contributed by atoms with E-state index in [1.165, 1.54) is 0 Å². The second kappa shape index (κ2) is 9.01. The van der Waals surface area contributed by atoms with Crippen molar-refractivity contribution in [3.63, 3.8) is 0 Å². The Morgan fingerprint density at radius 2 is 1.62 bits per heavy atom. The van der Waals surface area contributed by atoms with Gasteiger partial charge in [-0.2, -0.15) is 0 Å². The van der Waals surface area contributed by atoms with Gasteiger partial charge in [0.2, 0.25) is 0 Å². The molecule has 4 heteroatoms. The number of carbonyl (C=O) groups is 1. The van der Waals surface area contributed by atoms with Gasteiger partial charge in [0.25, 0.3) is 0 Å². The number of Topliss-reactive ketones (excluding diaryl/α,β-unsaturated/α-hetero) is 1. The molecule has 0 spiro atoms. The number of fused-ring (bicyclic) bond motifs is 1. The molecule has 4 rings (SSSR count). The van der Waals surface area contributed by atoms with Crippen LogP contribution in [0.2, 0.25) is 0 Å². The Morgan fingerprint density at radius 3 is 2.31 bits per heavy atom. The van der Waals surface area contributed by atoms with Crippen LogP contribution >= 0.6 is 0 Å². The van der Waals surface area contributed by atoms with Gasteiger partial charge in [-0.1, -0.05) is 54.6 Å². The van der Waals surface area contributed by atoms with Crippen LogP contribution in [-0.2, 0) is 5.60 Å². The molecule has 0 bridgehead atoms. The van der Waals surface area contributed by atoms with E-state index in [1.54, 1.807) is 6.07 Å². The Bertz CT molecular complexity index is 1120. The molecular formula is C28H29NO3. The van der Waals surface area contributed by atoms with Crippen molar-refractivity contribution in [3.05, 3.63) is 101 Å². The Hall–Kier alpha value is -3.37. The molecule has 2 unspecified atom stereocenters. The van der Waals surface area contributed by atoms with E-state index in [0.717, 1.165) is 17.0 Å². The fraction of sp³-hybridized carbons (Fsp3) is 0.250. The zero-order valence-corrected chi connectivity index (χ0v) is 18.8. The maximum atomic E-state index is 13.3. The molecule has 0 saturated carbocycles. The molecule has 1 aliphatic rings. The van der Waals surface area contributed by atoms with Crippen LogP contribution < -0.4 is 9.64 Å². The van der Waals surface area contributed by atoms with Crippen LogP contribution in [-0.4, -0.2) is 31.1 Å². The lowest BCUT2D eigenvalue weighted by molar-refractivity contribution is 0.0546. The number of hydrogen-bond donors (Lipinski definition) is 1. The van der Waals surface area contributed by atoms with Crippen LogP contribution in [0.1, 0.15) is 41.3 Å². The summed E-state index contributed by atoms with van der Waals surface area (Å²) in [7, 11) is 3.98. The van der Waals surface area contributed by atoms with Crippen LogP contribution in [0.25, 0.3) is 6.08 Å². The number of hydrogen-bond acceptors (Lipinski definition) is 4. The molecule has 32 heavy (non-hydrogen) atoms. The number of para-hydroxylation sites is 1. The standard InChI is InChI=1S/C28H29NO3/c1-20(32-23-9-5-4-6-10-23)17-18-28(31)25-12-8-7-11-24(25)27(30)26(28)19-21-13-15-22(16-14-21)29(2)3/h4-16,19-20,31H,17-18H2,1-3H3/b26-19+. The topological polar surface area (TPSA) is 49.8 Å². The van der Waals surface area contributed by atoms with E-state index in [1.807, 2.05) is 105 Å². The maximum absolute atomic E-state index is 13.3. The zero-order valence-electron chi connectivity index (χ0n) is 18.8. The molecule has 164 valence electrons. The van der Waals surface area contributed by atoms with Crippen molar-refractivity contribution in [2.75, 3.05) is 19.0 Å². The summed E-state index contributed by atoms with van der Waals surface area (Å²) >= 11 is 0. The van der Waals surface area contributed by atoms with Crippen LogP contribution in [0.5, 0.6) is 5.75 Å². The highest BCUT2D eigenvalue weighted by Crippen LogP contribution is 2.45. The monoisotopic (exact) mass is 427 g/mol. The van der Waals surface area contributed by atoms with E-state index in [0.29, 0.717) is 29.5 Å². The first-order chi connectivity index (χ1) is 15.4. The molecule has 2 atom stereocenters.